The van der Waals surface area contributed by atoms with Crippen LogP contribution >= 0.6 is 11.3 Å². The lowest BCUT2D eigenvalue weighted by Crippen LogP contribution is -2.36. The molecule has 0 spiro atoms. The maximum absolute atomic E-state index is 13.5. The molecular formula is C21H20FN3OS. The van der Waals surface area contributed by atoms with Gasteiger partial charge in [0.15, 0.2) is 0 Å². The van der Waals surface area contributed by atoms with E-state index in [-0.39, 0.29) is 11.2 Å². The smallest absolute Gasteiger partial charge is 0.267 e. The lowest BCUT2D eigenvalue weighted by Gasteiger charge is -2.40. The first-order chi connectivity index (χ1) is 13.2. The second kappa shape index (κ2) is 5.71. The lowest BCUT2D eigenvalue weighted by molar-refractivity contribution is 0.129. The molecule has 2 aromatic heterocycles. The fourth-order valence-corrected chi connectivity index (χ4v) is 6.68. The molecule has 1 aromatic carbocycles. The van der Waals surface area contributed by atoms with Gasteiger partial charge in [0.1, 0.15) is 16.5 Å². The lowest BCUT2D eigenvalue weighted by atomic mass is 9.64. The molecule has 0 N–H and O–H groups in total. The highest BCUT2D eigenvalue weighted by Gasteiger charge is 2.57. The molecule has 3 bridgehead atoms. The Hall–Kier alpha value is -2.08. The Bertz CT molecular complexity index is 1010. The minimum Gasteiger partial charge on any atom is -0.419 e. The van der Waals surface area contributed by atoms with Crippen LogP contribution in [-0.2, 0) is 5.41 Å². The van der Waals surface area contributed by atoms with Gasteiger partial charge in [-0.15, -0.1) is 21.5 Å². The highest BCUT2D eigenvalue weighted by atomic mass is 32.1. The van der Waals surface area contributed by atoms with E-state index in [9.17, 15) is 4.39 Å². The van der Waals surface area contributed by atoms with Gasteiger partial charge in [-0.1, -0.05) is 12.1 Å². The molecule has 0 aliphatic heterocycles. The standard InChI is InChI=1S/C21H20FN3OS/c22-16-3-1-2-14(9-16)19-23-17(11-27-19)18-24-25-20(26-18)21-5-4-12-6-13(10-21)8-15(21)7-12/h1-3,9,11-13,15H,4-8,10H2. The Morgan fingerprint density at radius 2 is 2.07 bits per heavy atom. The molecule has 4 atom stereocenters. The predicted molar refractivity (Wildman–Crippen MR) is 101 cm³/mol. The van der Waals surface area contributed by atoms with Crippen LogP contribution in [0.3, 0.4) is 0 Å². The minimum atomic E-state index is -0.258. The van der Waals surface area contributed by atoms with E-state index < -0.39 is 0 Å². The normalized spacial score (nSPS) is 31.5. The summed E-state index contributed by atoms with van der Waals surface area (Å²) in [6.07, 6.45) is 7.74. The van der Waals surface area contributed by atoms with Gasteiger partial charge in [0, 0.05) is 10.9 Å². The first-order valence-electron chi connectivity index (χ1n) is 9.75. The van der Waals surface area contributed by atoms with Gasteiger partial charge in [0.25, 0.3) is 5.89 Å². The third kappa shape index (κ3) is 2.42. The molecule has 138 valence electrons. The van der Waals surface area contributed by atoms with Crippen LogP contribution in [0.1, 0.15) is 44.4 Å². The van der Waals surface area contributed by atoms with Gasteiger partial charge in [-0.3, -0.25) is 0 Å². The van der Waals surface area contributed by atoms with Gasteiger partial charge in [-0.25, -0.2) is 9.37 Å². The zero-order valence-electron chi connectivity index (χ0n) is 14.9. The Labute approximate surface area is 160 Å². The van der Waals surface area contributed by atoms with Crippen LogP contribution in [0.2, 0.25) is 0 Å². The van der Waals surface area contributed by atoms with E-state index in [1.54, 1.807) is 6.07 Å². The Morgan fingerprint density at radius 3 is 3.00 bits per heavy atom. The number of thiazole rings is 1. The average Bonchev–Trinajstić information content (AvgIpc) is 3.36. The molecule has 0 amide bonds. The minimum absolute atomic E-state index is 0.102. The highest BCUT2D eigenvalue weighted by molar-refractivity contribution is 7.13. The molecule has 3 saturated carbocycles. The highest BCUT2D eigenvalue weighted by Crippen LogP contribution is 2.62. The Balaban J connectivity index is 1.33. The van der Waals surface area contributed by atoms with Crippen molar-refractivity contribution >= 4 is 11.3 Å². The molecule has 0 saturated heterocycles. The van der Waals surface area contributed by atoms with Gasteiger partial charge in [0.2, 0.25) is 5.89 Å². The molecule has 3 aliphatic rings. The average molecular weight is 381 g/mol. The zero-order valence-corrected chi connectivity index (χ0v) is 15.7. The summed E-state index contributed by atoms with van der Waals surface area (Å²) in [5.41, 5.74) is 1.56. The van der Waals surface area contributed by atoms with Crippen molar-refractivity contribution in [3.8, 4) is 22.2 Å². The van der Waals surface area contributed by atoms with Crippen molar-refractivity contribution in [2.45, 2.75) is 43.9 Å². The number of aromatic nitrogens is 3. The van der Waals surface area contributed by atoms with Crippen molar-refractivity contribution in [1.29, 1.82) is 0 Å². The first-order valence-corrected chi connectivity index (χ1v) is 10.6. The number of fused-ring (bicyclic) bond motifs is 2. The van der Waals surface area contributed by atoms with Crippen LogP contribution in [0.15, 0.2) is 34.1 Å². The van der Waals surface area contributed by atoms with Crippen LogP contribution in [0.25, 0.3) is 22.2 Å². The summed E-state index contributed by atoms with van der Waals surface area (Å²) >= 11 is 1.47. The van der Waals surface area contributed by atoms with E-state index in [0.717, 1.165) is 28.3 Å². The number of hydrogen-bond donors (Lipinski definition) is 0. The van der Waals surface area contributed by atoms with Crippen LogP contribution in [0.5, 0.6) is 0 Å². The molecule has 6 rings (SSSR count). The van der Waals surface area contributed by atoms with E-state index >= 15 is 0 Å². The van der Waals surface area contributed by atoms with Gasteiger partial charge in [-0.05, 0) is 68.4 Å². The number of hydrogen-bond acceptors (Lipinski definition) is 5. The summed E-state index contributed by atoms with van der Waals surface area (Å²) < 4.78 is 19.7. The fourth-order valence-electron chi connectivity index (χ4n) is 5.89. The molecular weight excluding hydrogens is 361 g/mol. The quantitative estimate of drug-likeness (QED) is 0.604. The summed E-state index contributed by atoms with van der Waals surface area (Å²) in [6, 6.07) is 6.50. The SMILES string of the molecule is Fc1cccc(-c2nc(-c3nnc(C45CCC6CC(CC4C6)C5)o3)cs2)c1. The summed E-state index contributed by atoms with van der Waals surface area (Å²) in [6.45, 7) is 0. The van der Waals surface area contributed by atoms with Crippen molar-refractivity contribution in [3.63, 3.8) is 0 Å². The van der Waals surface area contributed by atoms with E-state index in [1.807, 2.05) is 11.4 Å². The largest absolute Gasteiger partial charge is 0.419 e. The predicted octanol–water partition coefficient (Wildman–Crippen LogP) is 5.47. The summed E-state index contributed by atoms with van der Waals surface area (Å²) in [7, 11) is 0. The van der Waals surface area contributed by atoms with Gasteiger partial charge in [0.05, 0.1) is 5.41 Å². The van der Waals surface area contributed by atoms with Crippen LogP contribution in [0.4, 0.5) is 4.39 Å². The summed E-state index contributed by atoms with van der Waals surface area (Å²) in [5, 5.41) is 11.5. The molecule has 3 aromatic rings. The topological polar surface area (TPSA) is 51.8 Å². The van der Waals surface area contributed by atoms with E-state index in [4.69, 9.17) is 4.42 Å². The Morgan fingerprint density at radius 1 is 1.15 bits per heavy atom. The third-order valence-corrected chi connectivity index (χ3v) is 7.87. The van der Waals surface area contributed by atoms with Crippen LogP contribution in [0, 0.1) is 23.6 Å². The third-order valence-electron chi connectivity index (χ3n) is 6.98. The summed E-state index contributed by atoms with van der Waals surface area (Å²) in [5.74, 6) is 3.52. The van der Waals surface area contributed by atoms with Crippen molar-refractivity contribution in [3.05, 3.63) is 41.4 Å². The number of nitrogens with zero attached hydrogens (tertiary/aromatic N) is 3. The fraction of sp³-hybridized carbons (Fsp3) is 0.476. The van der Waals surface area contributed by atoms with Gasteiger partial charge in [-0.2, -0.15) is 0 Å². The number of halogens is 1. The maximum Gasteiger partial charge on any atom is 0.267 e. The molecule has 3 aliphatic carbocycles. The maximum atomic E-state index is 13.5. The second-order valence-electron chi connectivity index (χ2n) is 8.50. The molecule has 3 fully saturated rings. The monoisotopic (exact) mass is 381 g/mol. The Kier molecular flexibility index (Phi) is 3.37. The molecule has 0 radical (unpaired) electrons. The molecule has 2 heterocycles. The second-order valence-corrected chi connectivity index (χ2v) is 9.35. The molecule has 4 nitrogen and oxygen atoms in total. The van der Waals surface area contributed by atoms with Gasteiger partial charge >= 0.3 is 0 Å². The zero-order chi connectivity index (χ0) is 18.0. The van der Waals surface area contributed by atoms with Gasteiger partial charge < -0.3 is 4.42 Å². The number of benzene rings is 1. The van der Waals surface area contributed by atoms with Crippen molar-refractivity contribution in [2.75, 3.05) is 0 Å². The van der Waals surface area contributed by atoms with Crippen molar-refractivity contribution < 1.29 is 8.81 Å². The van der Waals surface area contributed by atoms with Crippen LogP contribution in [-0.4, -0.2) is 15.2 Å². The molecule has 27 heavy (non-hydrogen) atoms. The van der Waals surface area contributed by atoms with Crippen molar-refractivity contribution in [1.82, 2.24) is 15.2 Å². The first kappa shape index (κ1) is 15.9. The van der Waals surface area contributed by atoms with E-state index in [1.165, 1.54) is 62.0 Å². The van der Waals surface area contributed by atoms with Crippen molar-refractivity contribution in [2.24, 2.45) is 17.8 Å². The summed E-state index contributed by atoms with van der Waals surface area (Å²) in [4.78, 5) is 4.61. The van der Waals surface area contributed by atoms with E-state index in [0.29, 0.717) is 17.5 Å². The van der Waals surface area contributed by atoms with Crippen LogP contribution < -0.4 is 0 Å². The number of rotatable bonds is 3. The van der Waals surface area contributed by atoms with E-state index in [2.05, 4.69) is 15.2 Å². The molecule has 6 heteroatoms. The molecule has 4 unspecified atom stereocenters.